The van der Waals surface area contributed by atoms with Gasteiger partial charge in [0, 0.05) is 32.0 Å². The SMILES string of the molecule is O=C1CCN(S(=O)(=O)c2ccc(C(F)(F)F)cc2)C[C@H]2C[C@@H](Oc3ccc(C(F)(F)F)nc3)CN12. The molecule has 1 aromatic carbocycles. The lowest BCUT2D eigenvalue weighted by molar-refractivity contribution is -0.141. The van der Waals surface area contributed by atoms with Crippen LogP contribution in [0.2, 0.25) is 0 Å². The van der Waals surface area contributed by atoms with E-state index in [4.69, 9.17) is 4.74 Å². The normalized spacial score (nSPS) is 22.1. The maximum Gasteiger partial charge on any atom is 0.433 e. The predicted molar refractivity (Wildman–Crippen MR) is 109 cm³/mol. The minimum atomic E-state index is -4.61. The Labute approximate surface area is 196 Å². The summed E-state index contributed by atoms with van der Waals surface area (Å²) in [5.74, 6) is -0.251. The summed E-state index contributed by atoms with van der Waals surface area (Å²) in [5, 5.41) is 0. The molecule has 2 aliphatic heterocycles. The Morgan fingerprint density at radius 1 is 0.943 bits per heavy atom. The van der Waals surface area contributed by atoms with Crippen molar-refractivity contribution in [1.29, 1.82) is 0 Å². The summed E-state index contributed by atoms with van der Waals surface area (Å²) >= 11 is 0. The number of sulfonamides is 1. The lowest BCUT2D eigenvalue weighted by Crippen LogP contribution is -2.40. The molecule has 0 spiro atoms. The van der Waals surface area contributed by atoms with E-state index in [9.17, 15) is 39.6 Å². The number of carbonyl (C=O) groups is 1. The summed E-state index contributed by atoms with van der Waals surface area (Å²) in [6.45, 7) is -0.123. The van der Waals surface area contributed by atoms with Gasteiger partial charge < -0.3 is 9.64 Å². The van der Waals surface area contributed by atoms with E-state index in [1.807, 2.05) is 0 Å². The number of fused-ring (bicyclic) bond motifs is 1. The van der Waals surface area contributed by atoms with Gasteiger partial charge in [-0.3, -0.25) is 4.79 Å². The van der Waals surface area contributed by atoms with Gasteiger partial charge in [-0.15, -0.1) is 0 Å². The Morgan fingerprint density at radius 2 is 1.63 bits per heavy atom. The monoisotopic (exact) mass is 523 g/mol. The lowest BCUT2D eigenvalue weighted by atomic mass is 10.2. The number of ether oxygens (including phenoxy) is 1. The van der Waals surface area contributed by atoms with Gasteiger partial charge >= 0.3 is 12.4 Å². The second-order valence-corrected chi connectivity index (χ2v) is 10.1. The van der Waals surface area contributed by atoms with Crippen LogP contribution < -0.4 is 4.74 Å². The van der Waals surface area contributed by atoms with Gasteiger partial charge in [0.25, 0.3) is 0 Å². The Hall–Kier alpha value is -2.87. The molecule has 14 heteroatoms. The molecular weight excluding hydrogens is 504 g/mol. The van der Waals surface area contributed by atoms with Crippen LogP contribution >= 0.6 is 0 Å². The second-order valence-electron chi connectivity index (χ2n) is 8.19. The zero-order valence-electron chi connectivity index (χ0n) is 17.9. The van der Waals surface area contributed by atoms with E-state index < -0.39 is 45.8 Å². The van der Waals surface area contributed by atoms with Crippen LogP contribution in [0.4, 0.5) is 26.3 Å². The van der Waals surface area contributed by atoms with Crippen molar-refractivity contribution in [2.45, 2.75) is 42.2 Å². The molecule has 2 fully saturated rings. The van der Waals surface area contributed by atoms with E-state index in [1.165, 1.54) is 4.90 Å². The third-order valence-corrected chi connectivity index (χ3v) is 7.71. The first-order chi connectivity index (χ1) is 16.2. The van der Waals surface area contributed by atoms with Crippen LogP contribution in [0, 0.1) is 0 Å². The zero-order valence-corrected chi connectivity index (χ0v) is 18.7. The number of aromatic nitrogens is 1. The number of hydrogen-bond donors (Lipinski definition) is 0. The fourth-order valence-corrected chi connectivity index (χ4v) is 5.60. The van der Waals surface area contributed by atoms with E-state index in [-0.39, 0.29) is 49.0 Å². The van der Waals surface area contributed by atoms with Crippen molar-refractivity contribution >= 4 is 15.9 Å². The van der Waals surface area contributed by atoms with Gasteiger partial charge in [-0.25, -0.2) is 13.4 Å². The lowest BCUT2D eigenvalue weighted by Gasteiger charge is -2.25. The van der Waals surface area contributed by atoms with Crippen molar-refractivity contribution in [2.75, 3.05) is 19.6 Å². The van der Waals surface area contributed by atoms with Gasteiger partial charge in [-0.05, 0) is 36.4 Å². The number of amides is 1. The first-order valence-corrected chi connectivity index (χ1v) is 11.9. The zero-order chi connectivity index (χ0) is 25.6. The molecule has 0 N–H and O–H groups in total. The van der Waals surface area contributed by atoms with Crippen LogP contribution in [-0.2, 0) is 27.2 Å². The molecule has 0 aliphatic carbocycles. The van der Waals surface area contributed by atoms with Crippen molar-refractivity contribution in [3.63, 3.8) is 0 Å². The highest BCUT2D eigenvalue weighted by Crippen LogP contribution is 2.33. The van der Waals surface area contributed by atoms with Crippen LogP contribution in [0.3, 0.4) is 0 Å². The van der Waals surface area contributed by atoms with Crippen LogP contribution in [0.15, 0.2) is 47.5 Å². The molecule has 0 bridgehead atoms. The molecule has 0 unspecified atom stereocenters. The molecule has 190 valence electrons. The van der Waals surface area contributed by atoms with E-state index >= 15 is 0 Å². The molecule has 2 aliphatic rings. The first-order valence-electron chi connectivity index (χ1n) is 10.4. The Bertz CT molecular complexity index is 1180. The minimum absolute atomic E-state index is 0.0716. The smallest absolute Gasteiger partial charge is 0.433 e. The van der Waals surface area contributed by atoms with Gasteiger partial charge in [0.15, 0.2) is 0 Å². The number of benzene rings is 1. The quantitative estimate of drug-likeness (QED) is 0.573. The Kier molecular flexibility index (Phi) is 6.47. The van der Waals surface area contributed by atoms with Crippen LogP contribution in [0.1, 0.15) is 24.1 Å². The number of alkyl halides is 6. The number of halogens is 6. The van der Waals surface area contributed by atoms with Crippen LogP contribution in [0.25, 0.3) is 0 Å². The molecule has 2 aromatic rings. The summed E-state index contributed by atoms with van der Waals surface area (Å²) in [5.41, 5.74) is -2.06. The van der Waals surface area contributed by atoms with E-state index in [0.717, 1.165) is 34.8 Å². The fraction of sp³-hybridized carbons (Fsp3) is 0.429. The molecule has 0 saturated carbocycles. The molecule has 3 heterocycles. The third kappa shape index (κ3) is 5.37. The van der Waals surface area contributed by atoms with Crippen molar-refractivity contribution in [2.24, 2.45) is 0 Å². The van der Waals surface area contributed by atoms with Crippen molar-refractivity contribution in [3.05, 3.63) is 53.9 Å². The number of nitrogens with zero attached hydrogens (tertiary/aromatic N) is 3. The Balaban J connectivity index is 1.47. The van der Waals surface area contributed by atoms with E-state index in [0.29, 0.717) is 12.1 Å². The third-order valence-electron chi connectivity index (χ3n) is 5.83. The standard InChI is InChI=1S/C21H19F6N3O4S/c22-20(23,24)13-1-4-17(5-2-13)35(32,33)29-8-7-19(31)30-12-16(9-14(30)11-29)34-15-3-6-18(28-10-15)21(25,26)27/h1-6,10,14,16H,7-9,11-12H2/t14-,16-/m1/s1. The summed E-state index contributed by atoms with van der Waals surface area (Å²) in [7, 11) is -4.18. The molecule has 1 aromatic heterocycles. The van der Waals surface area contributed by atoms with Gasteiger partial charge in [-0.1, -0.05) is 0 Å². The largest absolute Gasteiger partial charge is 0.487 e. The van der Waals surface area contributed by atoms with Crippen LogP contribution in [-0.4, -0.2) is 60.3 Å². The molecule has 2 atom stereocenters. The first kappa shape index (κ1) is 25.2. The molecule has 35 heavy (non-hydrogen) atoms. The summed E-state index contributed by atoms with van der Waals surface area (Å²) in [4.78, 5) is 17.1. The van der Waals surface area contributed by atoms with Gasteiger partial charge in [-0.2, -0.15) is 30.6 Å². The maximum absolute atomic E-state index is 13.1. The minimum Gasteiger partial charge on any atom is -0.487 e. The van der Waals surface area contributed by atoms with Gasteiger partial charge in [0.1, 0.15) is 17.5 Å². The molecule has 1 amide bonds. The second kappa shape index (κ2) is 8.97. The van der Waals surface area contributed by atoms with E-state index in [1.54, 1.807) is 0 Å². The highest BCUT2D eigenvalue weighted by molar-refractivity contribution is 7.89. The van der Waals surface area contributed by atoms with Crippen molar-refractivity contribution in [3.8, 4) is 5.75 Å². The van der Waals surface area contributed by atoms with Gasteiger partial charge in [0.2, 0.25) is 15.9 Å². The van der Waals surface area contributed by atoms with E-state index in [2.05, 4.69) is 4.98 Å². The highest BCUT2D eigenvalue weighted by Gasteiger charge is 2.42. The summed E-state index contributed by atoms with van der Waals surface area (Å²) in [6.07, 6.45) is -8.80. The molecule has 2 saturated heterocycles. The summed E-state index contributed by atoms with van der Waals surface area (Å²) in [6, 6.07) is 4.43. The summed E-state index contributed by atoms with van der Waals surface area (Å²) < 4.78 is 109. The predicted octanol–water partition coefficient (Wildman–Crippen LogP) is 3.56. The fourth-order valence-electron chi connectivity index (χ4n) is 4.12. The molecule has 7 nitrogen and oxygen atoms in total. The van der Waals surface area contributed by atoms with Crippen molar-refractivity contribution in [1.82, 2.24) is 14.2 Å². The number of carbonyl (C=O) groups excluding carboxylic acids is 1. The number of pyridine rings is 1. The molecular formula is C21H19F6N3O4S. The molecule has 4 rings (SSSR count). The van der Waals surface area contributed by atoms with Gasteiger partial charge in [0.05, 0.1) is 23.2 Å². The van der Waals surface area contributed by atoms with Crippen molar-refractivity contribution < 1.29 is 44.3 Å². The molecule has 0 radical (unpaired) electrons. The maximum atomic E-state index is 13.1. The number of hydrogen-bond acceptors (Lipinski definition) is 5. The average Bonchev–Trinajstić information content (AvgIpc) is 3.10. The highest BCUT2D eigenvalue weighted by atomic mass is 32.2. The van der Waals surface area contributed by atoms with Crippen LogP contribution in [0.5, 0.6) is 5.75 Å². The average molecular weight is 523 g/mol. The topological polar surface area (TPSA) is 79.8 Å². The Morgan fingerprint density at radius 3 is 2.20 bits per heavy atom. The number of rotatable bonds is 4.